The van der Waals surface area contributed by atoms with Crippen molar-refractivity contribution in [2.45, 2.75) is 33.2 Å². The first-order chi connectivity index (χ1) is 9.20. The van der Waals surface area contributed by atoms with Crippen molar-refractivity contribution in [3.63, 3.8) is 0 Å². The molecule has 2 rings (SSSR count). The number of pyridine rings is 1. The third-order valence-electron chi connectivity index (χ3n) is 3.28. The molecule has 0 saturated heterocycles. The normalized spacial score (nSPS) is 15.5. The highest BCUT2D eigenvalue weighted by Gasteiger charge is 2.15. The Balaban J connectivity index is 2.16. The second kappa shape index (κ2) is 7.06. The molecule has 0 spiro atoms. The summed E-state index contributed by atoms with van der Waals surface area (Å²) in [6, 6.07) is 2.18. The number of aromatic nitrogens is 1. The Kier molecular flexibility index (Phi) is 5.40. The van der Waals surface area contributed by atoms with Crippen LogP contribution in [-0.2, 0) is 6.54 Å². The summed E-state index contributed by atoms with van der Waals surface area (Å²) >= 11 is 3.52. The lowest BCUT2D eigenvalue weighted by Crippen LogP contribution is -2.31. The van der Waals surface area contributed by atoms with Gasteiger partial charge >= 0.3 is 0 Å². The fraction of sp³-hybridized carbons (Fsp3) is 0.533. The van der Waals surface area contributed by atoms with Gasteiger partial charge in [-0.05, 0) is 48.3 Å². The largest absolute Gasteiger partial charge is 0.352 e. The summed E-state index contributed by atoms with van der Waals surface area (Å²) in [5.41, 5.74) is 2.71. The topological polar surface area (TPSA) is 28.2 Å². The number of nitrogens with one attached hydrogen (secondary N) is 1. The van der Waals surface area contributed by atoms with Crippen molar-refractivity contribution in [1.82, 2.24) is 10.3 Å². The maximum absolute atomic E-state index is 4.63. The number of nitrogens with zero attached hydrogens (tertiary/aromatic N) is 2. The minimum atomic E-state index is 0.884. The number of hydrogen-bond donors (Lipinski definition) is 1. The number of hydrogen-bond acceptors (Lipinski definition) is 3. The molecule has 4 heteroatoms. The van der Waals surface area contributed by atoms with Crippen molar-refractivity contribution in [3.8, 4) is 0 Å². The molecule has 2 heterocycles. The molecule has 104 valence electrons. The quantitative estimate of drug-likeness (QED) is 0.664. The Bertz CT molecular complexity index is 457. The zero-order valence-electron chi connectivity index (χ0n) is 11.7. The molecule has 0 unspecified atom stereocenters. The summed E-state index contributed by atoms with van der Waals surface area (Å²) < 4.78 is 1.05. The van der Waals surface area contributed by atoms with Crippen LogP contribution in [-0.4, -0.2) is 24.6 Å². The molecule has 1 aromatic rings. The Morgan fingerprint density at radius 2 is 2.32 bits per heavy atom. The van der Waals surface area contributed by atoms with Crippen LogP contribution in [0.1, 0.15) is 32.3 Å². The Morgan fingerprint density at radius 1 is 1.47 bits per heavy atom. The number of anilines is 1. The van der Waals surface area contributed by atoms with E-state index in [0.29, 0.717) is 0 Å². The molecule has 0 atom stereocenters. The standard InChI is InChI=1S/C15H22BrN3/c1-3-6-17-9-13-8-14(16)10-18-15(13)19-7-4-5-12(2)11-19/h5,8,10,17H,3-4,6-7,9,11H2,1-2H3. The van der Waals surface area contributed by atoms with Crippen molar-refractivity contribution in [2.75, 3.05) is 24.5 Å². The van der Waals surface area contributed by atoms with Crippen molar-refractivity contribution >= 4 is 21.7 Å². The first-order valence-corrected chi connectivity index (χ1v) is 7.75. The van der Waals surface area contributed by atoms with E-state index in [2.05, 4.69) is 57.1 Å². The summed E-state index contributed by atoms with van der Waals surface area (Å²) in [6.07, 6.45) is 6.49. The van der Waals surface area contributed by atoms with E-state index < -0.39 is 0 Å². The van der Waals surface area contributed by atoms with Gasteiger partial charge in [-0.25, -0.2) is 4.98 Å². The maximum atomic E-state index is 4.63. The Labute approximate surface area is 124 Å². The van der Waals surface area contributed by atoms with E-state index in [-0.39, 0.29) is 0 Å². The van der Waals surface area contributed by atoms with Gasteiger partial charge in [0.25, 0.3) is 0 Å². The van der Waals surface area contributed by atoms with Crippen LogP contribution in [0.2, 0.25) is 0 Å². The second-order valence-electron chi connectivity index (χ2n) is 5.07. The van der Waals surface area contributed by atoms with Gasteiger partial charge in [0.05, 0.1) is 0 Å². The molecule has 0 bridgehead atoms. The van der Waals surface area contributed by atoms with Crippen molar-refractivity contribution in [3.05, 3.63) is 33.9 Å². The van der Waals surface area contributed by atoms with Crippen LogP contribution in [0.25, 0.3) is 0 Å². The summed E-state index contributed by atoms with van der Waals surface area (Å²) in [7, 11) is 0. The van der Waals surface area contributed by atoms with E-state index in [4.69, 9.17) is 0 Å². The van der Waals surface area contributed by atoms with Crippen LogP contribution in [0.15, 0.2) is 28.4 Å². The van der Waals surface area contributed by atoms with E-state index in [1.165, 1.54) is 11.1 Å². The summed E-state index contributed by atoms with van der Waals surface area (Å²) in [4.78, 5) is 7.01. The zero-order chi connectivity index (χ0) is 13.7. The number of rotatable bonds is 5. The molecule has 0 aliphatic carbocycles. The van der Waals surface area contributed by atoms with Crippen LogP contribution in [0.4, 0.5) is 5.82 Å². The van der Waals surface area contributed by atoms with Crippen molar-refractivity contribution < 1.29 is 0 Å². The first kappa shape index (κ1) is 14.5. The maximum Gasteiger partial charge on any atom is 0.133 e. The Hall–Kier alpha value is -0.870. The molecule has 3 nitrogen and oxygen atoms in total. The molecule has 0 fully saturated rings. The second-order valence-corrected chi connectivity index (χ2v) is 5.99. The fourth-order valence-corrected chi connectivity index (χ4v) is 2.76. The molecular formula is C15H22BrN3. The fourth-order valence-electron chi connectivity index (χ4n) is 2.38. The molecule has 19 heavy (non-hydrogen) atoms. The van der Waals surface area contributed by atoms with Crippen LogP contribution < -0.4 is 10.2 Å². The van der Waals surface area contributed by atoms with E-state index in [9.17, 15) is 0 Å². The summed E-state index contributed by atoms with van der Waals surface area (Å²) in [5, 5.41) is 3.47. The molecule has 0 saturated carbocycles. The Morgan fingerprint density at radius 3 is 3.05 bits per heavy atom. The van der Waals surface area contributed by atoms with Gasteiger partial charge in [0, 0.05) is 35.9 Å². The van der Waals surface area contributed by atoms with E-state index in [1.807, 2.05) is 6.20 Å². The molecule has 0 radical (unpaired) electrons. The van der Waals surface area contributed by atoms with Gasteiger partial charge in [-0.2, -0.15) is 0 Å². The molecule has 1 aromatic heterocycles. The average Bonchev–Trinajstić information content (AvgIpc) is 2.39. The third kappa shape index (κ3) is 4.05. The van der Waals surface area contributed by atoms with Gasteiger partial charge in [-0.1, -0.05) is 18.6 Å². The SMILES string of the molecule is CCCNCc1cc(Br)cnc1N1CCC=C(C)C1. The smallest absolute Gasteiger partial charge is 0.133 e. The molecular weight excluding hydrogens is 302 g/mol. The highest BCUT2D eigenvalue weighted by Crippen LogP contribution is 2.24. The molecule has 1 aliphatic heterocycles. The third-order valence-corrected chi connectivity index (χ3v) is 3.72. The van der Waals surface area contributed by atoms with Gasteiger partial charge < -0.3 is 10.2 Å². The van der Waals surface area contributed by atoms with Crippen LogP contribution >= 0.6 is 15.9 Å². The van der Waals surface area contributed by atoms with E-state index in [0.717, 1.165) is 49.3 Å². The molecule has 0 amide bonds. The summed E-state index contributed by atoms with van der Waals surface area (Å²) in [6.45, 7) is 8.37. The monoisotopic (exact) mass is 323 g/mol. The first-order valence-electron chi connectivity index (χ1n) is 6.96. The van der Waals surface area contributed by atoms with E-state index >= 15 is 0 Å². The van der Waals surface area contributed by atoms with Gasteiger partial charge in [-0.15, -0.1) is 0 Å². The van der Waals surface area contributed by atoms with E-state index in [1.54, 1.807) is 0 Å². The van der Waals surface area contributed by atoms with Gasteiger partial charge in [0.2, 0.25) is 0 Å². The average molecular weight is 324 g/mol. The highest BCUT2D eigenvalue weighted by molar-refractivity contribution is 9.10. The highest BCUT2D eigenvalue weighted by atomic mass is 79.9. The lowest BCUT2D eigenvalue weighted by Gasteiger charge is -2.29. The van der Waals surface area contributed by atoms with Crippen molar-refractivity contribution in [2.24, 2.45) is 0 Å². The van der Waals surface area contributed by atoms with Gasteiger partial charge in [0.15, 0.2) is 0 Å². The molecule has 1 N–H and O–H groups in total. The molecule has 0 aromatic carbocycles. The van der Waals surface area contributed by atoms with Gasteiger partial charge in [0.1, 0.15) is 5.82 Å². The zero-order valence-corrected chi connectivity index (χ0v) is 13.3. The minimum Gasteiger partial charge on any atom is -0.352 e. The van der Waals surface area contributed by atoms with Crippen molar-refractivity contribution in [1.29, 1.82) is 0 Å². The predicted octanol–water partition coefficient (Wildman–Crippen LogP) is 3.50. The number of halogens is 1. The van der Waals surface area contributed by atoms with Crippen LogP contribution in [0.5, 0.6) is 0 Å². The lowest BCUT2D eigenvalue weighted by atomic mass is 10.1. The lowest BCUT2D eigenvalue weighted by molar-refractivity contribution is 0.668. The predicted molar refractivity (Wildman–Crippen MR) is 84.5 cm³/mol. The summed E-state index contributed by atoms with van der Waals surface area (Å²) in [5.74, 6) is 1.12. The van der Waals surface area contributed by atoms with Crippen LogP contribution in [0.3, 0.4) is 0 Å². The molecule has 1 aliphatic rings. The van der Waals surface area contributed by atoms with Gasteiger partial charge in [-0.3, -0.25) is 0 Å². The van der Waals surface area contributed by atoms with Crippen LogP contribution in [0, 0.1) is 0 Å². The minimum absolute atomic E-state index is 0.884.